The molecule has 2 heteroatoms. The lowest BCUT2D eigenvalue weighted by atomic mass is 9.98. The van der Waals surface area contributed by atoms with Gasteiger partial charge in [0.25, 0.3) is 0 Å². The van der Waals surface area contributed by atoms with Crippen LogP contribution in [-0.4, -0.2) is 0 Å². The Bertz CT molecular complexity index is 531. The molecule has 0 saturated carbocycles. The van der Waals surface area contributed by atoms with Crippen molar-refractivity contribution in [2.75, 3.05) is 0 Å². The number of rotatable bonds is 3. The Kier molecular flexibility index (Phi) is 4.05. The lowest BCUT2D eigenvalue weighted by molar-refractivity contribution is 0.721. The van der Waals surface area contributed by atoms with Crippen molar-refractivity contribution in [2.45, 2.75) is 26.3 Å². The van der Waals surface area contributed by atoms with E-state index < -0.39 is 0 Å². The van der Waals surface area contributed by atoms with E-state index in [4.69, 9.17) is 17.3 Å². The first-order valence-electron chi connectivity index (χ1n) is 6.14. The van der Waals surface area contributed by atoms with Gasteiger partial charge in [0.2, 0.25) is 0 Å². The van der Waals surface area contributed by atoms with E-state index in [-0.39, 0.29) is 6.04 Å². The summed E-state index contributed by atoms with van der Waals surface area (Å²) in [6, 6.07) is 14.4. The highest BCUT2D eigenvalue weighted by atomic mass is 35.5. The molecule has 1 atom stereocenters. The first-order valence-corrected chi connectivity index (χ1v) is 6.52. The fraction of sp³-hybridized carbons (Fsp3) is 0.250. The Morgan fingerprint density at radius 2 is 1.72 bits per heavy atom. The van der Waals surface area contributed by atoms with Crippen molar-refractivity contribution in [3.8, 4) is 0 Å². The molecule has 1 nitrogen and oxygen atoms in total. The Morgan fingerprint density at radius 1 is 1.06 bits per heavy atom. The van der Waals surface area contributed by atoms with E-state index in [2.05, 4.69) is 31.2 Å². The third kappa shape index (κ3) is 2.92. The maximum atomic E-state index is 6.30. The van der Waals surface area contributed by atoms with Gasteiger partial charge in [-0.1, -0.05) is 59.6 Å². The molecular weight excluding hydrogens is 242 g/mol. The standard InChI is InChI=1S/C16H18ClN/c1-11-6-8-13(9-7-11)10-15(18)14-5-3-4-12(2)16(14)17/h3-9,15H,10,18H2,1-2H3. The summed E-state index contributed by atoms with van der Waals surface area (Å²) in [5, 5.41) is 0.789. The molecule has 0 spiro atoms. The van der Waals surface area contributed by atoms with Gasteiger partial charge >= 0.3 is 0 Å². The topological polar surface area (TPSA) is 26.0 Å². The maximum Gasteiger partial charge on any atom is 0.0483 e. The first-order chi connectivity index (χ1) is 8.58. The van der Waals surface area contributed by atoms with Gasteiger partial charge in [0, 0.05) is 11.1 Å². The van der Waals surface area contributed by atoms with Crippen LogP contribution < -0.4 is 5.73 Å². The molecule has 0 aromatic heterocycles. The molecule has 0 aliphatic heterocycles. The summed E-state index contributed by atoms with van der Waals surface area (Å²) in [4.78, 5) is 0. The average Bonchev–Trinajstić information content (AvgIpc) is 2.35. The normalized spacial score (nSPS) is 12.4. The summed E-state index contributed by atoms with van der Waals surface area (Å²) < 4.78 is 0. The molecule has 2 rings (SSSR count). The molecule has 0 amide bonds. The molecule has 18 heavy (non-hydrogen) atoms. The fourth-order valence-electron chi connectivity index (χ4n) is 2.04. The molecule has 0 saturated heterocycles. The molecule has 0 fully saturated rings. The van der Waals surface area contributed by atoms with Gasteiger partial charge in [-0.25, -0.2) is 0 Å². The molecule has 2 aromatic carbocycles. The maximum absolute atomic E-state index is 6.30. The van der Waals surface area contributed by atoms with Gasteiger partial charge < -0.3 is 5.73 Å². The third-order valence-corrected chi connectivity index (χ3v) is 3.71. The van der Waals surface area contributed by atoms with E-state index in [0.29, 0.717) is 0 Å². The van der Waals surface area contributed by atoms with Crippen molar-refractivity contribution in [2.24, 2.45) is 5.73 Å². The van der Waals surface area contributed by atoms with Crippen LogP contribution in [0, 0.1) is 13.8 Å². The second-order valence-electron chi connectivity index (χ2n) is 4.77. The predicted octanol–water partition coefficient (Wildman–Crippen LogP) is 4.20. The van der Waals surface area contributed by atoms with Gasteiger partial charge in [-0.3, -0.25) is 0 Å². The van der Waals surface area contributed by atoms with Crippen molar-refractivity contribution in [1.82, 2.24) is 0 Å². The van der Waals surface area contributed by atoms with Gasteiger partial charge in [0.1, 0.15) is 0 Å². The van der Waals surface area contributed by atoms with Crippen molar-refractivity contribution < 1.29 is 0 Å². The van der Waals surface area contributed by atoms with Crippen LogP contribution in [0.15, 0.2) is 42.5 Å². The average molecular weight is 260 g/mol. The van der Waals surface area contributed by atoms with E-state index in [1.807, 2.05) is 25.1 Å². The van der Waals surface area contributed by atoms with Crippen molar-refractivity contribution >= 4 is 11.6 Å². The number of aryl methyl sites for hydroxylation is 2. The number of nitrogens with two attached hydrogens (primary N) is 1. The van der Waals surface area contributed by atoms with Gasteiger partial charge in [0.15, 0.2) is 0 Å². The minimum Gasteiger partial charge on any atom is -0.324 e. The highest BCUT2D eigenvalue weighted by Gasteiger charge is 2.11. The molecule has 0 aliphatic rings. The van der Waals surface area contributed by atoms with Crippen LogP contribution >= 0.6 is 11.6 Å². The van der Waals surface area contributed by atoms with Crippen molar-refractivity contribution in [3.63, 3.8) is 0 Å². The Labute approximate surface area is 114 Å². The van der Waals surface area contributed by atoms with Gasteiger partial charge in [-0.15, -0.1) is 0 Å². The molecule has 2 N–H and O–H groups in total. The van der Waals surface area contributed by atoms with Gasteiger partial charge in [0.05, 0.1) is 0 Å². The van der Waals surface area contributed by atoms with Crippen molar-refractivity contribution in [3.05, 3.63) is 69.7 Å². The largest absolute Gasteiger partial charge is 0.324 e. The SMILES string of the molecule is Cc1ccc(CC(N)c2cccc(C)c2Cl)cc1. The highest BCUT2D eigenvalue weighted by molar-refractivity contribution is 6.32. The zero-order chi connectivity index (χ0) is 13.1. The molecule has 0 aliphatic carbocycles. The zero-order valence-electron chi connectivity index (χ0n) is 10.8. The van der Waals surface area contributed by atoms with Crippen LogP contribution in [0.25, 0.3) is 0 Å². The van der Waals surface area contributed by atoms with Crippen LogP contribution in [0.3, 0.4) is 0 Å². The van der Waals surface area contributed by atoms with Crippen LogP contribution in [-0.2, 0) is 6.42 Å². The second-order valence-corrected chi connectivity index (χ2v) is 5.15. The third-order valence-electron chi connectivity index (χ3n) is 3.20. The second kappa shape index (κ2) is 5.55. The fourth-order valence-corrected chi connectivity index (χ4v) is 2.31. The Morgan fingerprint density at radius 3 is 2.39 bits per heavy atom. The minimum atomic E-state index is -0.0555. The molecule has 0 bridgehead atoms. The highest BCUT2D eigenvalue weighted by Crippen LogP contribution is 2.26. The van der Waals surface area contributed by atoms with Crippen LogP contribution in [0.1, 0.15) is 28.3 Å². The Balaban J connectivity index is 2.19. The molecule has 0 heterocycles. The summed E-state index contributed by atoms with van der Waals surface area (Å²) in [6.07, 6.45) is 0.809. The minimum absolute atomic E-state index is 0.0555. The molecule has 0 radical (unpaired) electrons. The molecule has 94 valence electrons. The van der Waals surface area contributed by atoms with E-state index in [0.717, 1.165) is 22.6 Å². The lowest BCUT2D eigenvalue weighted by Crippen LogP contribution is -2.14. The molecular formula is C16H18ClN. The van der Waals surface area contributed by atoms with E-state index in [9.17, 15) is 0 Å². The number of benzene rings is 2. The first kappa shape index (κ1) is 13.1. The number of hydrogen-bond acceptors (Lipinski definition) is 1. The number of halogens is 1. The van der Waals surface area contributed by atoms with Gasteiger partial charge in [-0.05, 0) is 37.0 Å². The molecule has 2 aromatic rings. The summed E-state index contributed by atoms with van der Waals surface area (Å²) in [5.74, 6) is 0. The van der Waals surface area contributed by atoms with Crippen molar-refractivity contribution in [1.29, 1.82) is 0 Å². The smallest absolute Gasteiger partial charge is 0.0483 e. The van der Waals surface area contributed by atoms with Crippen LogP contribution in [0.4, 0.5) is 0 Å². The monoisotopic (exact) mass is 259 g/mol. The zero-order valence-corrected chi connectivity index (χ0v) is 11.5. The Hall–Kier alpha value is -1.31. The van der Waals surface area contributed by atoms with Gasteiger partial charge in [-0.2, -0.15) is 0 Å². The summed E-state index contributed by atoms with van der Waals surface area (Å²) in [6.45, 7) is 4.09. The van der Waals surface area contributed by atoms with Crippen LogP contribution in [0.5, 0.6) is 0 Å². The van der Waals surface area contributed by atoms with E-state index in [1.54, 1.807) is 0 Å². The van der Waals surface area contributed by atoms with Crippen LogP contribution in [0.2, 0.25) is 5.02 Å². The summed E-state index contributed by atoms with van der Waals surface area (Å²) >= 11 is 6.30. The molecule has 1 unspecified atom stereocenters. The lowest BCUT2D eigenvalue weighted by Gasteiger charge is -2.15. The summed E-state index contributed by atoms with van der Waals surface area (Å²) in [7, 11) is 0. The van der Waals surface area contributed by atoms with E-state index in [1.165, 1.54) is 11.1 Å². The number of hydrogen-bond donors (Lipinski definition) is 1. The summed E-state index contributed by atoms with van der Waals surface area (Å²) in [5.41, 5.74) is 10.9. The quantitative estimate of drug-likeness (QED) is 0.878. The van der Waals surface area contributed by atoms with E-state index >= 15 is 0 Å². The predicted molar refractivity (Wildman–Crippen MR) is 78.0 cm³/mol.